The third-order valence-corrected chi connectivity index (χ3v) is 3.94. The maximum Gasteiger partial charge on any atom is 0.230 e. The highest BCUT2D eigenvalue weighted by molar-refractivity contribution is 5.88. The third-order valence-electron chi connectivity index (χ3n) is 3.94. The van der Waals surface area contributed by atoms with Gasteiger partial charge in [-0.1, -0.05) is 25.0 Å². The van der Waals surface area contributed by atoms with Gasteiger partial charge in [0.25, 0.3) is 0 Å². The molecule has 1 saturated carbocycles. The van der Waals surface area contributed by atoms with Crippen molar-refractivity contribution < 1.29 is 9.18 Å². The topological polar surface area (TPSA) is 55.1 Å². The lowest BCUT2D eigenvalue weighted by atomic mass is 9.78. The summed E-state index contributed by atoms with van der Waals surface area (Å²) in [6.45, 7) is 1.15. The van der Waals surface area contributed by atoms with E-state index in [0.717, 1.165) is 37.7 Å². The molecule has 1 aliphatic carbocycles. The van der Waals surface area contributed by atoms with Gasteiger partial charge in [-0.15, -0.1) is 12.4 Å². The quantitative estimate of drug-likeness (QED) is 0.821. The number of rotatable bonds is 5. The minimum Gasteiger partial charge on any atom is -0.355 e. The molecular weight excluding hydrogens is 279 g/mol. The molecule has 1 aromatic rings. The van der Waals surface area contributed by atoms with Gasteiger partial charge in [0.15, 0.2) is 0 Å². The second kappa shape index (κ2) is 7.60. The fourth-order valence-electron chi connectivity index (χ4n) is 2.88. The van der Waals surface area contributed by atoms with Gasteiger partial charge in [0.2, 0.25) is 5.91 Å². The van der Waals surface area contributed by atoms with E-state index in [9.17, 15) is 9.18 Å². The van der Waals surface area contributed by atoms with Gasteiger partial charge in [0.1, 0.15) is 5.82 Å². The van der Waals surface area contributed by atoms with E-state index in [4.69, 9.17) is 5.73 Å². The maximum absolute atomic E-state index is 13.4. The number of benzene rings is 1. The van der Waals surface area contributed by atoms with Gasteiger partial charge in [-0.05, 0) is 43.5 Å². The molecule has 1 fully saturated rings. The van der Waals surface area contributed by atoms with Gasteiger partial charge in [0, 0.05) is 6.54 Å². The monoisotopic (exact) mass is 300 g/mol. The first-order valence-electron chi connectivity index (χ1n) is 6.93. The fourth-order valence-corrected chi connectivity index (χ4v) is 2.88. The lowest BCUT2D eigenvalue weighted by Gasteiger charge is -2.28. The molecule has 112 valence electrons. The van der Waals surface area contributed by atoms with Gasteiger partial charge in [-0.2, -0.15) is 0 Å². The summed E-state index contributed by atoms with van der Waals surface area (Å²) in [5, 5.41) is 2.94. The number of nitrogens with two attached hydrogens (primary N) is 1. The number of hydrogen-bond donors (Lipinski definition) is 2. The van der Waals surface area contributed by atoms with Crippen LogP contribution in [0.25, 0.3) is 0 Å². The normalized spacial score (nSPS) is 16.5. The summed E-state index contributed by atoms with van der Waals surface area (Å²) in [4.78, 5) is 12.5. The van der Waals surface area contributed by atoms with E-state index in [1.165, 1.54) is 12.1 Å². The molecule has 0 bridgehead atoms. The molecule has 3 nitrogen and oxygen atoms in total. The summed E-state index contributed by atoms with van der Waals surface area (Å²) < 4.78 is 13.4. The highest BCUT2D eigenvalue weighted by Crippen LogP contribution is 2.41. The average Bonchev–Trinajstić information content (AvgIpc) is 2.89. The van der Waals surface area contributed by atoms with Crippen LogP contribution in [0, 0.1) is 5.82 Å². The van der Waals surface area contributed by atoms with Crippen molar-refractivity contribution in [1.29, 1.82) is 0 Å². The number of carbonyl (C=O) groups is 1. The van der Waals surface area contributed by atoms with Crippen molar-refractivity contribution in [2.24, 2.45) is 5.73 Å². The molecule has 0 heterocycles. The Morgan fingerprint density at radius 1 is 1.35 bits per heavy atom. The first kappa shape index (κ1) is 16.9. The smallest absolute Gasteiger partial charge is 0.230 e. The van der Waals surface area contributed by atoms with Crippen LogP contribution in [0.4, 0.5) is 4.39 Å². The molecule has 2 rings (SSSR count). The van der Waals surface area contributed by atoms with E-state index in [-0.39, 0.29) is 24.1 Å². The van der Waals surface area contributed by atoms with E-state index in [0.29, 0.717) is 13.1 Å². The van der Waals surface area contributed by atoms with Crippen LogP contribution in [0.5, 0.6) is 0 Å². The molecule has 1 aliphatic rings. The Bertz CT molecular complexity index is 447. The Morgan fingerprint density at radius 3 is 2.65 bits per heavy atom. The Labute approximate surface area is 125 Å². The van der Waals surface area contributed by atoms with Crippen LogP contribution in [0.1, 0.15) is 37.7 Å². The van der Waals surface area contributed by atoms with Crippen LogP contribution in [-0.4, -0.2) is 19.0 Å². The molecule has 0 unspecified atom stereocenters. The van der Waals surface area contributed by atoms with Crippen LogP contribution < -0.4 is 11.1 Å². The zero-order valence-electron chi connectivity index (χ0n) is 11.5. The summed E-state index contributed by atoms with van der Waals surface area (Å²) in [6.07, 6.45) is 4.39. The molecule has 0 spiro atoms. The summed E-state index contributed by atoms with van der Waals surface area (Å²) >= 11 is 0. The highest BCUT2D eigenvalue weighted by Gasteiger charge is 2.42. The van der Waals surface area contributed by atoms with E-state index in [2.05, 4.69) is 5.32 Å². The van der Waals surface area contributed by atoms with Gasteiger partial charge in [0.05, 0.1) is 5.41 Å². The van der Waals surface area contributed by atoms with Crippen molar-refractivity contribution in [1.82, 2.24) is 5.32 Å². The number of amides is 1. The number of carbonyl (C=O) groups excluding carboxylic acids is 1. The lowest BCUT2D eigenvalue weighted by molar-refractivity contribution is -0.126. The van der Waals surface area contributed by atoms with Crippen molar-refractivity contribution in [3.8, 4) is 0 Å². The first-order chi connectivity index (χ1) is 9.19. The molecule has 1 aromatic carbocycles. The lowest BCUT2D eigenvalue weighted by Crippen LogP contribution is -2.43. The molecule has 1 amide bonds. The van der Waals surface area contributed by atoms with E-state index in [1.54, 1.807) is 6.07 Å². The van der Waals surface area contributed by atoms with Crippen molar-refractivity contribution in [2.75, 3.05) is 13.1 Å². The number of hydrogen-bond acceptors (Lipinski definition) is 2. The van der Waals surface area contributed by atoms with Crippen molar-refractivity contribution in [3.63, 3.8) is 0 Å². The molecular formula is C15H22ClFN2O. The highest BCUT2D eigenvalue weighted by atomic mass is 35.5. The minimum atomic E-state index is -0.545. The molecule has 0 aliphatic heterocycles. The van der Waals surface area contributed by atoms with Gasteiger partial charge in [-0.3, -0.25) is 4.79 Å². The summed E-state index contributed by atoms with van der Waals surface area (Å²) in [7, 11) is 0. The van der Waals surface area contributed by atoms with E-state index < -0.39 is 5.41 Å². The molecule has 5 heteroatoms. The Kier molecular flexibility index (Phi) is 6.43. The average molecular weight is 301 g/mol. The SMILES string of the molecule is Cl.NCCCNC(=O)C1(c2cccc(F)c2)CCCC1. The first-order valence-corrected chi connectivity index (χ1v) is 6.93. The van der Waals surface area contributed by atoms with Gasteiger partial charge < -0.3 is 11.1 Å². The minimum absolute atomic E-state index is 0. The van der Waals surface area contributed by atoms with Crippen LogP contribution in [0.2, 0.25) is 0 Å². The molecule has 0 radical (unpaired) electrons. The second-order valence-electron chi connectivity index (χ2n) is 5.20. The van der Waals surface area contributed by atoms with Gasteiger partial charge in [-0.25, -0.2) is 4.39 Å². The van der Waals surface area contributed by atoms with E-state index >= 15 is 0 Å². The molecule has 3 N–H and O–H groups in total. The molecule has 20 heavy (non-hydrogen) atoms. The molecule has 0 atom stereocenters. The fraction of sp³-hybridized carbons (Fsp3) is 0.533. The second-order valence-corrected chi connectivity index (χ2v) is 5.20. The summed E-state index contributed by atoms with van der Waals surface area (Å²) in [5.74, 6) is -0.261. The predicted molar refractivity (Wildman–Crippen MR) is 80.5 cm³/mol. The third kappa shape index (κ3) is 3.49. The summed E-state index contributed by atoms with van der Waals surface area (Å²) in [5.41, 5.74) is 5.69. The molecule has 0 saturated heterocycles. The van der Waals surface area contributed by atoms with Gasteiger partial charge >= 0.3 is 0 Å². The van der Waals surface area contributed by atoms with Crippen LogP contribution in [0.15, 0.2) is 24.3 Å². The Balaban J connectivity index is 0.00000200. The van der Waals surface area contributed by atoms with Crippen molar-refractivity contribution in [2.45, 2.75) is 37.5 Å². The van der Waals surface area contributed by atoms with Crippen LogP contribution in [-0.2, 0) is 10.2 Å². The zero-order chi connectivity index (χ0) is 13.7. The zero-order valence-corrected chi connectivity index (χ0v) is 12.3. The van der Waals surface area contributed by atoms with Crippen molar-refractivity contribution in [3.05, 3.63) is 35.6 Å². The number of halogens is 2. The maximum atomic E-state index is 13.4. The Hall–Kier alpha value is -1.13. The molecule has 0 aromatic heterocycles. The van der Waals surface area contributed by atoms with Crippen LogP contribution >= 0.6 is 12.4 Å². The Morgan fingerprint density at radius 2 is 2.05 bits per heavy atom. The standard InChI is InChI=1S/C15H21FN2O.ClH/c16-13-6-3-5-12(11-13)15(7-1-2-8-15)14(19)18-10-4-9-17;/h3,5-6,11H,1-2,4,7-10,17H2,(H,18,19);1H. The van der Waals surface area contributed by atoms with E-state index in [1.807, 2.05) is 6.07 Å². The van der Waals surface area contributed by atoms with Crippen LogP contribution in [0.3, 0.4) is 0 Å². The van der Waals surface area contributed by atoms with Crippen molar-refractivity contribution >= 4 is 18.3 Å². The largest absolute Gasteiger partial charge is 0.355 e. The predicted octanol–water partition coefficient (Wildman–Crippen LogP) is 2.52. The number of nitrogens with one attached hydrogen (secondary N) is 1. The summed E-state index contributed by atoms with van der Waals surface area (Å²) in [6, 6.07) is 6.45.